The Morgan fingerprint density at radius 3 is 1.28 bits per heavy atom. The number of ether oxygens (including phenoxy) is 2. The maximum atomic E-state index is 13.2. The number of rotatable bonds is 40. The van der Waals surface area contributed by atoms with Crippen LogP contribution in [-0.4, -0.2) is 107 Å². The third-order valence-corrected chi connectivity index (χ3v) is 13.3. The van der Waals surface area contributed by atoms with Gasteiger partial charge < -0.3 is 49.3 Å². The summed E-state index contributed by atoms with van der Waals surface area (Å²) in [7, 11) is -16.7. The van der Waals surface area contributed by atoms with Gasteiger partial charge in [0.1, 0.15) is 42.7 Å². The molecule has 19 nitrogen and oxygen atoms in total. The van der Waals surface area contributed by atoms with Crippen molar-refractivity contribution in [2.45, 2.75) is 243 Å². The molecule has 0 amide bonds. The quantitative estimate of drug-likeness (QED) is 0.0162. The zero-order valence-electron chi connectivity index (χ0n) is 38.6. The van der Waals surface area contributed by atoms with Gasteiger partial charge >= 0.3 is 35.4 Å². The van der Waals surface area contributed by atoms with Crippen LogP contribution >= 0.6 is 23.5 Å². The highest BCUT2D eigenvalue weighted by Crippen LogP contribution is 2.53. The number of hydrogen-bond donors (Lipinski definition) is 8. The van der Waals surface area contributed by atoms with Gasteiger partial charge in [0.2, 0.25) is 0 Å². The Kier molecular flexibility index (Phi) is 32.1. The van der Waals surface area contributed by atoms with Crippen LogP contribution in [0.1, 0.15) is 201 Å². The molecule has 1 aliphatic carbocycles. The number of carbonyl (C=O) groups excluding carboxylic acids is 2. The summed E-state index contributed by atoms with van der Waals surface area (Å²) in [5.41, 5.74) is -2.90. The molecule has 0 aromatic rings. The van der Waals surface area contributed by atoms with Gasteiger partial charge in [-0.3, -0.25) is 27.7 Å². The fourth-order valence-electron chi connectivity index (χ4n) is 7.66. The molecule has 0 spiro atoms. The number of hydrogen-bond acceptors (Lipinski definition) is 14. The average molecular weight is 985 g/mol. The lowest BCUT2D eigenvalue weighted by atomic mass is 9.76. The van der Waals surface area contributed by atoms with Crippen LogP contribution in [0.25, 0.3) is 0 Å². The van der Waals surface area contributed by atoms with Crippen LogP contribution in [0.15, 0.2) is 0 Å². The van der Waals surface area contributed by atoms with E-state index in [9.17, 15) is 63.1 Å². The molecule has 8 N–H and O–H groups in total. The lowest BCUT2D eigenvalue weighted by Crippen LogP contribution is -2.70. The molecule has 8 unspecified atom stereocenters. The lowest BCUT2D eigenvalue weighted by molar-refractivity contribution is -0.251. The summed E-state index contributed by atoms with van der Waals surface area (Å²) in [5.74, 6) is -1.29. The number of phosphoric acid groups is 3. The maximum absolute atomic E-state index is 13.2. The number of unbranched alkanes of at least 4 members (excludes halogenated alkanes) is 24. The first-order valence-electron chi connectivity index (χ1n) is 23.7. The normalized spacial score (nSPS) is 23.1. The van der Waals surface area contributed by atoms with Crippen molar-refractivity contribution in [2.24, 2.45) is 0 Å². The summed E-state index contributed by atoms with van der Waals surface area (Å²) < 4.78 is 66.0. The molecule has 0 saturated heterocycles. The molecule has 0 aromatic heterocycles. The summed E-state index contributed by atoms with van der Waals surface area (Å²) >= 11 is 0. The van der Waals surface area contributed by atoms with E-state index in [1.165, 1.54) is 103 Å². The molecule has 1 rings (SSSR count). The van der Waals surface area contributed by atoms with Crippen molar-refractivity contribution in [1.82, 2.24) is 0 Å². The Labute approximate surface area is 381 Å². The molecule has 0 aliphatic heterocycles. The molecule has 0 heterocycles. The highest BCUT2D eigenvalue weighted by molar-refractivity contribution is 7.47. The third kappa shape index (κ3) is 29.1. The molecular weight excluding hydrogens is 901 g/mol. The van der Waals surface area contributed by atoms with Crippen molar-refractivity contribution >= 4 is 35.4 Å². The Morgan fingerprint density at radius 2 is 0.891 bits per heavy atom. The first kappa shape index (κ1) is 61.2. The minimum atomic E-state index is -5.62. The second-order valence-electron chi connectivity index (χ2n) is 17.4. The van der Waals surface area contributed by atoms with Gasteiger partial charge in [0.25, 0.3) is 0 Å². The predicted molar refractivity (Wildman–Crippen MR) is 239 cm³/mol. The SMILES string of the molecule is CCCCCCCCCCCCCCCC(=O)OCC(COP(=O)(O)OC1C(O)C(OP(=O)(O)O)C(OP(=O)(O)O)C(O)C1(C)O)OC(=O)CCCCCCCCCCCCCCC. The minimum absolute atomic E-state index is 0.00226. The van der Waals surface area contributed by atoms with Crippen LogP contribution in [0.3, 0.4) is 0 Å². The Hall–Kier alpha value is -0.850. The van der Waals surface area contributed by atoms with Crippen molar-refractivity contribution in [3.8, 4) is 0 Å². The average Bonchev–Trinajstić information content (AvgIpc) is 3.21. The fraction of sp³-hybridized carbons (Fsp3) is 0.952. The molecular formula is C42H83O19P3. The van der Waals surface area contributed by atoms with Crippen molar-refractivity contribution < 1.29 is 90.6 Å². The molecule has 0 aromatic carbocycles. The van der Waals surface area contributed by atoms with Crippen molar-refractivity contribution in [1.29, 1.82) is 0 Å². The standard InChI is InChI=1S/C42H83O19P3/c1-4-6-8-10-12-14-16-18-20-22-24-26-28-30-35(43)56-32-34(58-36(44)31-29-27-25-23-21-19-17-15-13-11-9-7-5-2)33-57-64(54,55)61-41-37(45)38(59-62(48,49)50)39(60-63(51,52)53)40(46)42(41,3)47/h34,37-41,45-47H,4-33H2,1-3H3,(H,54,55)(H2,48,49,50)(H2,51,52,53). The Morgan fingerprint density at radius 1 is 0.531 bits per heavy atom. The largest absolute Gasteiger partial charge is 0.472 e. The predicted octanol–water partition coefficient (Wildman–Crippen LogP) is 8.35. The topological polar surface area (TPSA) is 303 Å². The van der Waals surface area contributed by atoms with Crippen LogP contribution in [0, 0.1) is 0 Å². The van der Waals surface area contributed by atoms with Gasteiger partial charge in [-0.15, -0.1) is 0 Å². The van der Waals surface area contributed by atoms with Crippen LogP contribution in [0.4, 0.5) is 0 Å². The third-order valence-electron chi connectivity index (χ3n) is 11.3. The highest BCUT2D eigenvalue weighted by Gasteiger charge is 2.62. The zero-order chi connectivity index (χ0) is 48.1. The molecule has 1 fully saturated rings. The molecule has 0 radical (unpaired) electrons. The second-order valence-corrected chi connectivity index (χ2v) is 21.1. The van der Waals surface area contributed by atoms with Crippen LogP contribution in [-0.2, 0) is 50.9 Å². The monoisotopic (exact) mass is 984 g/mol. The molecule has 22 heteroatoms. The summed E-state index contributed by atoms with van der Waals surface area (Å²) in [4.78, 5) is 73.5. The minimum Gasteiger partial charge on any atom is -0.462 e. The Bertz CT molecular complexity index is 1390. The van der Waals surface area contributed by atoms with E-state index in [-0.39, 0.29) is 12.8 Å². The summed E-state index contributed by atoms with van der Waals surface area (Å²) in [6.07, 6.45) is 15.0. The number of esters is 2. The number of carbonyl (C=O) groups is 2. The van der Waals surface area contributed by atoms with E-state index >= 15 is 0 Å². The van der Waals surface area contributed by atoms with E-state index in [0.717, 1.165) is 51.4 Å². The van der Waals surface area contributed by atoms with Gasteiger partial charge in [-0.1, -0.05) is 168 Å². The first-order valence-corrected chi connectivity index (χ1v) is 28.3. The fourth-order valence-corrected chi connectivity index (χ4v) is 9.82. The van der Waals surface area contributed by atoms with Gasteiger partial charge in [0.15, 0.2) is 6.10 Å². The van der Waals surface area contributed by atoms with Gasteiger partial charge in [0, 0.05) is 12.8 Å². The second kappa shape index (κ2) is 33.6. The zero-order valence-corrected chi connectivity index (χ0v) is 41.3. The van der Waals surface area contributed by atoms with Gasteiger partial charge in [0.05, 0.1) is 6.61 Å². The number of aliphatic hydroxyl groups is 3. The number of phosphoric ester groups is 3. The molecule has 64 heavy (non-hydrogen) atoms. The van der Waals surface area contributed by atoms with Crippen LogP contribution < -0.4 is 0 Å². The first-order chi connectivity index (χ1) is 30.1. The van der Waals surface area contributed by atoms with E-state index in [4.69, 9.17) is 18.5 Å². The molecule has 1 saturated carbocycles. The van der Waals surface area contributed by atoms with Gasteiger partial charge in [-0.05, 0) is 19.8 Å². The van der Waals surface area contributed by atoms with E-state index in [1.807, 2.05) is 0 Å². The summed E-state index contributed by atoms with van der Waals surface area (Å²) in [5, 5.41) is 32.7. The lowest BCUT2D eigenvalue weighted by Gasteiger charge is -2.49. The van der Waals surface area contributed by atoms with E-state index in [1.54, 1.807) is 0 Å². The van der Waals surface area contributed by atoms with Crippen molar-refractivity contribution in [2.75, 3.05) is 13.2 Å². The van der Waals surface area contributed by atoms with Gasteiger partial charge in [-0.25, -0.2) is 13.7 Å². The summed E-state index contributed by atoms with van der Waals surface area (Å²) in [6.45, 7) is 3.65. The van der Waals surface area contributed by atoms with E-state index in [0.29, 0.717) is 19.8 Å². The van der Waals surface area contributed by atoms with Crippen molar-refractivity contribution in [3.05, 3.63) is 0 Å². The molecule has 380 valence electrons. The summed E-state index contributed by atoms with van der Waals surface area (Å²) in [6, 6.07) is 0. The smallest absolute Gasteiger partial charge is 0.462 e. The Balaban J connectivity index is 2.80. The maximum Gasteiger partial charge on any atom is 0.472 e. The molecule has 8 atom stereocenters. The van der Waals surface area contributed by atoms with Gasteiger partial charge in [-0.2, -0.15) is 0 Å². The molecule has 0 bridgehead atoms. The van der Waals surface area contributed by atoms with Crippen LogP contribution in [0.5, 0.6) is 0 Å². The molecule has 1 aliphatic rings. The van der Waals surface area contributed by atoms with Crippen LogP contribution in [0.2, 0.25) is 0 Å². The number of aliphatic hydroxyl groups excluding tert-OH is 2. The van der Waals surface area contributed by atoms with E-state index in [2.05, 4.69) is 22.9 Å². The van der Waals surface area contributed by atoms with Crippen molar-refractivity contribution in [3.63, 3.8) is 0 Å². The van der Waals surface area contributed by atoms with E-state index < -0.39 is 90.8 Å². The highest BCUT2D eigenvalue weighted by atomic mass is 31.2.